The molecule has 5 nitrogen and oxygen atoms in total. The lowest BCUT2D eigenvalue weighted by Gasteiger charge is -2.09. The molecule has 1 aliphatic carbocycles. The number of nitrogens with zero attached hydrogens (tertiary/aromatic N) is 1. The van der Waals surface area contributed by atoms with Gasteiger partial charge in [0.15, 0.2) is 0 Å². The standard InChI is InChI=1S/C16H16N2O3/c17-16-8-3-12-9-14(6-7-15(12)16)21-10-11-1-4-13(5-2-11)18(19)20/h1-2,4-7,9,16H,3,8,10,17H2/t16-/m1/s1. The molecular formula is C16H16N2O3. The first kappa shape index (κ1) is 13.6. The van der Waals surface area contributed by atoms with Crippen molar-refractivity contribution in [3.8, 4) is 5.75 Å². The molecule has 0 aromatic heterocycles. The molecule has 1 aliphatic rings. The van der Waals surface area contributed by atoms with Crippen LogP contribution in [-0.2, 0) is 13.0 Å². The van der Waals surface area contributed by atoms with E-state index in [9.17, 15) is 10.1 Å². The Labute approximate surface area is 122 Å². The van der Waals surface area contributed by atoms with E-state index >= 15 is 0 Å². The summed E-state index contributed by atoms with van der Waals surface area (Å²) in [5.41, 5.74) is 9.45. The SMILES string of the molecule is N[C@@H]1CCc2cc(OCc3ccc([N+](=O)[O-])cc3)ccc21. The summed E-state index contributed by atoms with van der Waals surface area (Å²) in [5.74, 6) is 0.807. The molecule has 0 spiro atoms. The summed E-state index contributed by atoms with van der Waals surface area (Å²) in [6.45, 7) is 0.392. The second-order valence-corrected chi connectivity index (χ2v) is 5.22. The van der Waals surface area contributed by atoms with Gasteiger partial charge in [0, 0.05) is 18.2 Å². The van der Waals surface area contributed by atoms with E-state index in [1.807, 2.05) is 18.2 Å². The van der Waals surface area contributed by atoms with Crippen molar-refractivity contribution in [1.29, 1.82) is 0 Å². The van der Waals surface area contributed by atoms with Crippen molar-refractivity contribution in [2.24, 2.45) is 5.73 Å². The summed E-state index contributed by atoms with van der Waals surface area (Å²) < 4.78 is 5.74. The van der Waals surface area contributed by atoms with Crippen LogP contribution in [0, 0.1) is 10.1 Å². The van der Waals surface area contributed by atoms with Gasteiger partial charge in [-0.2, -0.15) is 0 Å². The highest BCUT2D eigenvalue weighted by Crippen LogP contribution is 2.32. The Morgan fingerprint density at radius 3 is 2.71 bits per heavy atom. The van der Waals surface area contributed by atoms with Gasteiger partial charge in [0.05, 0.1) is 4.92 Å². The number of non-ortho nitro benzene ring substituents is 1. The Morgan fingerprint density at radius 1 is 1.24 bits per heavy atom. The van der Waals surface area contributed by atoms with Crippen molar-refractivity contribution in [2.45, 2.75) is 25.5 Å². The van der Waals surface area contributed by atoms with Gasteiger partial charge in [-0.1, -0.05) is 6.07 Å². The monoisotopic (exact) mass is 284 g/mol. The van der Waals surface area contributed by atoms with Gasteiger partial charge >= 0.3 is 0 Å². The molecule has 0 saturated carbocycles. The molecule has 3 rings (SSSR count). The topological polar surface area (TPSA) is 78.4 Å². The molecule has 0 bridgehead atoms. The third-order valence-corrected chi connectivity index (χ3v) is 3.79. The van der Waals surface area contributed by atoms with Gasteiger partial charge in [-0.05, 0) is 53.8 Å². The molecular weight excluding hydrogens is 268 g/mol. The minimum Gasteiger partial charge on any atom is -0.489 e. The van der Waals surface area contributed by atoms with Crippen molar-refractivity contribution in [3.63, 3.8) is 0 Å². The number of nitro benzene ring substituents is 1. The van der Waals surface area contributed by atoms with E-state index in [4.69, 9.17) is 10.5 Å². The Bertz CT molecular complexity index is 668. The molecule has 2 aromatic rings. The van der Waals surface area contributed by atoms with E-state index < -0.39 is 4.92 Å². The fourth-order valence-corrected chi connectivity index (χ4v) is 2.60. The van der Waals surface area contributed by atoms with Crippen LogP contribution in [0.1, 0.15) is 29.2 Å². The second-order valence-electron chi connectivity index (χ2n) is 5.22. The van der Waals surface area contributed by atoms with Gasteiger partial charge in [0.1, 0.15) is 12.4 Å². The first-order chi connectivity index (χ1) is 10.1. The van der Waals surface area contributed by atoms with Gasteiger partial charge in [0.25, 0.3) is 5.69 Å². The maximum Gasteiger partial charge on any atom is 0.269 e. The van der Waals surface area contributed by atoms with Crippen LogP contribution in [-0.4, -0.2) is 4.92 Å². The molecule has 2 N–H and O–H groups in total. The third-order valence-electron chi connectivity index (χ3n) is 3.79. The molecule has 0 heterocycles. The largest absolute Gasteiger partial charge is 0.489 e. The quantitative estimate of drug-likeness (QED) is 0.691. The average Bonchev–Trinajstić information content (AvgIpc) is 2.86. The maximum absolute atomic E-state index is 10.6. The Balaban J connectivity index is 1.66. The number of hydrogen-bond donors (Lipinski definition) is 1. The summed E-state index contributed by atoms with van der Waals surface area (Å²) in [4.78, 5) is 10.2. The number of nitro groups is 1. The maximum atomic E-state index is 10.6. The van der Waals surface area contributed by atoms with Crippen LogP contribution in [0.2, 0.25) is 0 Å². The highest BCUT2D eigenvalue weighted by atomic mass is 16.6. The van der Waals surface area contributed by atoms with Gasteiger partial charge in [-0.15, -0.1) is 0 Å². The summed E-state index contributed by atoms with van der Waals surface area (Å²) in [6.07, 6.45) is 1.98. The van der Waals surface area contributed by atoms with Crippen LogP contribution in [0.3, 0.4) is 0 Å². The van der Waals surface area contributed by atoms with Crippen molar-refractivity contribution < 1.29 is 9.66 Å². The van der Waals surface area contributed by atoms with Crippen LogP contribution in [0.15, 0.2) is 42.5 Å². The highest BCUT2D eigenvalue weighted by molar-refractivity contribution is 5.40. The number of benzene rings is 2. The number of rotatable bonds is 4. The molecule has 1 atom stereocenters. The lowest BCUT2D eigenvalue weighted by atomic mass is 10.1. The smallest absolute Gasteiger partial charge is 0.269 e. The van der Waals surface area contributed by atoms with Gasteiger partial charge < -0.3 is 10.5 Å². The molecule has 0 fully saturated rings. The Hall–Kier alpha value is -2.40. The molecule has 0 unspecified atom stereocenters. The average molecular weight is 284 g/mol. The van der Waals surface area contributed by atoms with Gasteiger partial charge in [-0.3, -0.25) is 10.1 Å². The molecule has 0 saturated heterocycles. The van der Waals surface area contributed by atoms with Gasteiger partial charge in [-0.25, -0.2) is 0 Å². The van der Waals surface area contributed by atoms with Crippen molar-refractivity contribution >= 4 is 5.69 Å². The summed E-state index contributed by atoms with van der Waals surface area (Å²) in [6, 6.07) is 12.5. The number of nitrogens with two attached hydrogens (primary N) is 1. The van der Waals surface area contributed by atoms with Crippen molar-refractivity contribution in [3.05, 3.63) is 69.3 Å². The zero-order valence-corrected chi connectivity index (χ0v) is 11.5. The zero-order chi connectivity index (χ0) is 14.8. The first-order valence-electron chi connectivity index (χ1n) is 6.88. The number of aryl methyl sites for hydroxylation is 1. The van der Waals surface area contributed by atoms with E-state index in [1.165, 1.54) is 23.3 Å². The van der Waals surface area contributed by atoms with E-state index in [2.05, 4.69) is 0 Å². The summed E-state index contributed by atoms with van der Waals surface area (Å²) in [7, 11) is 0. The van der Waals surface area contributed by atoms with Crippen LogP contribution >= 0.6 is 0 Å². The van der Waals surface area contributed by atoms with Crippen LogP contribution in [0.25, 0.3) is 0 Å². The van der Waals surface area contributed by atoms with E-state index in [0.717, 1.165) is 24.2 Å². The van der Waals surface area contributed by atoms with Crippen molar-refractivity contribution in [1.82, 2.24) is 0 Å². The summed E-state index contributed by atoms with van der Waals surface area (Å²) >= 11 is 0. The lowest BCUT2D eigenvalue weighted by molar-refractivity contribution is -0.384. The van der Waals surface area contributed by atoms with E-state index in [-0.39, 0.29) is 11.7 Å². The molecule has 2 aromatic carbocycles. The third kappa shape index (κ3) is 2.87. The fourth-order valence-electron chi connectivity index (χ4n) is 2.60. The normalized spacial score (nSPS) is 16.5. The van der Waals surface area contributed by atoms with Crippen LogP contribution in [0.5, 0.6) is 5.75 Å². The Kier molecular flexibility index (Phi) is 3.58. The minimum absolute atomic E-state index is 0.0882. The highest BCUT2D eigenvalue weighted by Gasteiger charge is 2.19. The van der Waals surface area contributed by atoms with Crippen LogP contribution < -0.4 is 10.5 Å². The summed E-state index contributed by atoms with van der Waals surface area (Å²) in [5, 5.41) is 10.6. The molecule has 0 aliphatic heterocycles. The van der Waals surface area contributed by atoms with Crippen molar-refractivity contribution in [2.75, 3.05) is 0 Å². The molecule has 108 valence electrons. The second kappa shape index (κ2) is 5.54. The van der Waals surface area contributed by atoms with Crippen LogP contribution in [0.4, 0.5) is 5.69 Å². The molecule has 0 radical (unpaired) electrons. The number of hydrogen-bond acceptors (Lipinski definition) is 4. The Morgan fingerprint density at radius 2 is 2.00 bits per heavy atom. The predicted molar refractivity (Wildman–Crippen MR) is 79.1 cm³/mol. The fraction of sp³-hybridized carbons (Fsp3) is 0.250. The zero-order valence-electron chi connectivity index (χ0n) is 11.5. The molecule has 21 heavy (non-hydrogen) atoms. The first-order valence-corrected chi connectivity index (χ1v) is 6.88. The number of fused-ring (bicyclic) bond motifs is 1. The minimum atomic E-state index is -0.408. The predicted octanol–water partition coefficient (Wildman–Crippen LogP) is 3.12. The number of ether oxygens (including phenoxy) is 1. The van der Waals surface area contributed by atoms with E-state index in [1.54, 1.807) is 12.1 Å². The molecule has 5 heteroatoms. The molecule has 0 amide bonds. The van der Waals surface area contributed by atoms with Gasteiger partial charge in [0.2, 0.25) is 0 Å². The lowest BCUT2D eigenvalue weighted by Crippen LogP contribution is -2.05. The van der Waals surface area contributed by atoms with E-state index in [0.29, 0.717) is 6.61 Å².